The van der Waals surface area contributed by atoms with Crippen LogP contribution < -0.4 is 5.32 Å². The molecular formula is C10H16N2O3. The maximum absolute atomic E-state index is 11.7. The highest BCUT2D eigenvalue weighted by Crippen LogP contribution is 2.34. The first kappa shape index (κ1) is 10.4. The van der Waals surface area contributed by atoms with Crippen LogP contribution >= 0.6 is 0 Å². The zero-order valence-electron chi connectivity index (χ0n) is 8.82. The molecule has 1 aliphatic heterocycles. The van der Waals surface area contributed by atoms with Crippen molar-refractivity contribution in [1.29, 1.82) is 0 Å². The predicted octanol–water partition coefficient (Wildman–Crippen LogP) is 0.437. The van der Waals surface area contributed by atoms with Crippen molar-refractivity contribution >= 4 is 11.9 Å². The van der Waals surface area contributed by atoms with Crippen LogP contribution in [0.4, 0.5) is 4.79 Å². The Balaban J connectivity index is 2.18. The zero-order valence-corrected chi connectivity index (χ0v) is 8.82. The molecular weight excluding hydrogens is 196 g/mol. The Bertz CT molecular complexity index is 299. The van der Waals surface area contributed by atoms with Gasteiger partial charge in [0, 0.05) is 13.0 Å². The van der Waals surface area contributed by atoms with Crippen LogP contribution in [0.5, 0.6) is 0 Å². The van der Waals surface area contributed by atoms with Crippen LogP contribution in [0.2, 0.25) is 0 Å². The number of nitrogens with zero attached hydrogens (tertiary/aromatic N) is 1. The molecule has 1 saturated heterocycles. The quantitative estimate of drug-likeness (QED) is 0.619. The van der Waals surface area contributed by atoms with Gasteiger partial charge in [0.05, 0.1) is 0 Å². The zero-order chi connectivity index (χ0) is 11.1. The summed E-state index contributed by atoms with van der Waals surface area (Å²) in [5.41, 5.74) is -1.65. The van der Waals surface area contributed by atoms with Crippen molar-refractivity contribution in [2.75, 3.05) is 7.05 Å². The van der Waals surface area contributed by atoms with E-state index in [1.165, 1.54) is 7.05 Å². The van der Waals surface area contributed by atoms with Gasteiger partial charge in [-0.1, -0.05) is 19.3 Å². The molecule has 2 fully saturated rings. The summed E-state index contributed by atoms with van der Waals surface area (Å²) < 4.78 is 0. The Morgan fingerprint density at radius 2 is 1.93 bits per heavy atom. The second-order valence-corrected chi connectivity index (χ2v) is 4.40. The summed E-state index contributed by atoms with van der Waals surface area (Å²) in [4.78, 5) is 24.0. The van der Waals surface area contributed by atoms with E-state index in [4.69, 9.17) is 0 Å². The monoisotopic (exact) mass is 212 g/mol. The van der Waals surface area contributed by atoms with Crippen molar-refractivity contribution in [2.45, 2.75) is 37.8 Å². The molecule has 15 heavy (non-hydrogen) atoms. The van der Waals surface area contributed by atoms with Gasteiger partial charge in [-0.3, -0.25) is 9.69 Å². The maximum Gasteiger partial charge on any atom is 0.326 e. The summed E-state index contributed by atoms with van der Waals surface area (Å²) in [6.45, 7) is 0. The number of carbonyl (C=O) groups excluding carboxylic acids is 2. The summed E-state index contributed by atoms with van der Waals surface area (Å²) in [6, 6.07) is -0.506. The van der Waals surface area contributed by atoms with Crippen LogP contribution in [-0.2, 0) is 4.79 Å². The number of imide groups is 1. The van der Waals surface area contributed by atoms with Gasteiger partial charge in [-0.2, -0.15) is 0 Å². The highest BCUT2D eigenvalue weighted by atomic mass is 16.3. The fourth-order valence-corrected chi connectivity index (χ4v) is 2.45. The van der Waals surface area contributed by atoms with E-state index in [0.717, 1.165) is 37.0 Å². The summed E-state index contributed by atoms with van der Waals surface area (Å²) in [7, 11) is 1.39. The standard InChI is InChI=1S/C10H16N2O3/c1-12-8(13)10(15,11-9(12)14)7-5-3-2-4-6-7/h7,15H,2-6H2,1H3,(H,11,14). The van der Waals surface area contributed by atoms with Crippen molar-refractivity contribution in [3.63, 3.8) is 0 Å². The van der Waals surface area contributed by atoms with E-state index in [-0.39, 0.29) is 5.92 Å². The van der Waals surface area contributed by atoms with Gasteiger partial charge in [0.2, 0.25) is 5.72 Å². The second kappa shape index (κ2) is 3.48. The van der Waals surface area contributed by atoms with Crippen LogP contribution in [0.1, 0.15) is 32.1 Å². The van der Waals surface area contributed by atoms with E-state index < -0.39 is 17.7 Å². The first-order valence-corrected chi connectivity index (χ1v) is 5.38. The third-order valence-corrected chi connectivity index (χ3v) is 3.43. The first-order chi connectivity index (χ1) is 7.05. The number of nitrogens with one attached hydrogen (secondary N) is 1. The Morgan fingerprint density at radius 1 is 1.33 bits per heavy atom. The Labute approximate surface area is 88.4 Å². The van der Waals surface area contributed by atoms with Gasteiger partial charge in [0.15, 0.2) is 0 Å². The molecule has 1 heterocycles. The van der Waals surface area contributed by atoms with Gasteiger partial charge < -0.3 is 10.4 Å². The number of amides is 3. The van der Waals surface area contributed by atoms with E-state index in [2.05, 4.69) is 5.32 Å². The molecule has 0 aromatic rings. The molecule has 1 aliphatic carbocycles. The van der Waals surface area contributed by atoms with Gasteiger partial charge in [0.25, 0.3) is 5.91 Å². The van der Waals surface area contributed by atoms with Gasteiger partial charge in [-0.15, -0.1) is 0 Å². The summed E-state index contributed by atoms with van der Waals surface area (Å²) >= 11 is 0. The molecule has 2 rings (SSSR count). The molecule has 2 N–H and O–H groups in total. The fraction of sp³-hybridized carbons (Fsp3) is 0.800. The average Bonchev–Trinajstić information content (AvgIpc) is 2.45. The van der Waals surface area contributed by atoms with Crippen LogP contribution in [-0.4, -0.2) is 34.7 Å². The Morgan fingerprint density at radius 3 is 2.40 bits per heavy atom. The lowest BCUT2D eigenvalue weighted by Crippen LogP contribution is -2.53. The van der Waals surface area contributed by atoms with Crippen LogP contribution in [0.25, 0.3) is 0 Å². The molecule has 5 heteroatoms. The minimum atomic E-state index is -1.65. The average molecular weight is 212 g/mol. The fourth-order valence-electron chi connectivity index (χ4n) is 2.45. The number of hydrogen-bond donors (Lipinski definition) is 2. The lowest BCUT2D eigenvalue weighted by Gasteiger charge is -2.32. The second-order valence-electron chi connectivity index (χ2n) is 4.40. The number of rotatable bonds is 1. The number of carbonyl (C=O) groups is 2. The molecule has 84 valence electrons. The summed E-state index contributed by atoms with van der Waals surface area (Å²) in [6.07, 6.45) is 4.77. The number of hydrogen-bond acceptors (Lipinski definition) is 3. The minimum absolute atomic E-state index is 0.132. The highest BCUT2D eigenvalue weighted by molar-refractivity contribution is 6.05. The molecule has 1 unspecified atom stereocenters. The predicted molar refractivity (Wildman–Crippen MR) is 52.8 cm³/mol. The molecule has 0 aromatic carbocycles. The lowest BCUT2D eigenvalue weighted by atomic mass is 9.81. The Kier molecular flexibility index (Phi) is 2.42. The highest BCUT2D eigenvalue weighted by Gasteiger charge is 2.53. The molecule has 2 aliphatic rings. The Hall–Kier alpha value is -1.10. The van der Waals surface area contributed by atoms with Crippen LogP contribution in [0.3, 0.4) is 0 Å². The van der Waals surface area contributed by atoms with Crippen LogP contribution in [0, 0.1) is 5.92 Å². The van der Waals surface area contributed by atoms with Crippen molar-refractivity contribution in [3.05, 3.63) is 0 Å². The molecule has 5 nitrogen and oxygen atoms in total. The van der Waals surface area contributed by atoms with E-state index in [1.54, 1.807) is 0 Å². The number of likely N-dealkylation sites (N-methyl/N-ethyl adjacent to an activating group) is 1. The third kappa shape index (κ3) is 1.51. The van der Waals surface area contributed by atoms with E-state index >= 15 is 0 Å². The summed E-state index contributed by atoms with van der Waals surface area (Å²) in [5.74, 6) is -0.646. The molecule has 0 spiro atoms. The van der Waals surface area contributed by atoms with Gasteiger partial charge in [0.1, 0.15) is 0 Å². The van der Waals surface area contributed by atoms with E-state index in [1.807, 2.05) is 0 Å². The normalized spacial score (nSPS) is 33.3. The topological polar surface area (TPSA) is 69.6 Å². The molecule has 1 saturated carbocycles. The molecule has 0 aromatic heterocycles. The van der Waals surface area contributed by atoms with Gasteiger partial charge in [-0.05, 0) is 12.8 Å². The SMILES string of the molecule is CN1C(=O)NC(O)(C2CCCCC2)C1=O. The lowest BCUT2D eigenvalue weighted by molar-refractivity contribution is -0.150. The first-order valence-electron chi connectivity index (χ1n) is 5.38. The van der Waals surface area contributed by atoms with E-state index in [9.17, 15) is 14.7 Å². The third-order valence-electron chi connectivity index (χ3n) is 3.43. The van der Waals surface area contributed by atoms with Crippen molar-refractivity contribution in [2.24, 2.45) is 5.92 Å². The van der Waals surface area contributed by atoms with Gasteiger partial charge >= 0.3 is 6.03 Å². The largest absolute Gasteiger partial charge is 0.363 e. The van der Waals surface area contributed by atoms with Gasteiger partial charge in [-0.25, -0.2) is 4.79 Å². The number of aliphatic hydroxyl groups is 1. The maximum atomic E-state index is 11.7. The van der Waals surface area contributed by atoms with Crippen molar-refractivity contribution < 1.29 is 14.7 Å². The minimum Gasteiger partial charge on any atom is -0.363 e. The van der Waals surface area contributed by atoms with Crippen molar-refractivity contribution in [3.8, 4) is 0 Å². The van der Waals surface area contributed by atoms with Crippen LogP contribution in [0.15, 0.2) is 0 Å². The van der Waals surface area contributed by atoms with Crippen molar-refractivity contribution in [1.82, 2.24) is 10.2 Å². The number of urea groups is 1. The molecule has 0 radical (unpaired) electrons. The summed E-state index contributed by atoms with van der Waals surface area (Å²) in [5, 5.41) is 12.6. The molecule has 0 bridgehead atoms. The van der Waals surface area contributed by atoms with E-state index in [0.29, 0.717) is 0 Å². The molecule has 3 amide bonds. The smallest absolute Gasteiger partial charge is 0.326 e. The molecule has 1 atom stereocenters.